The van der Waals surface area contributed by atoms with Crippen molar-refractivity contribution in [1.29, 1.82) is 0 Å². The molecule has 0 bridgehead atoms. The number of hydrogen-bond donors (Lipinski definition) is 1. The standard InChI is InChI=1S/C28H38N6O3S/c1-8-33(9-2)21-16-17-22(23(18-21)29-24(35)19-34(5,6)7)30-31-28-32(4)25(20-14-12-11-13-15-20)26(38-28)27(36)37-10-3/h11-18,28H,8-10,19H2,1-7H3/p+1. The maximum absolute atomic E-state index is 12.8. The number of carbonyl (C=O) groups is 2. The number of carbonyl (C=O) groups excluding carboxylic acids is 2. The lowest BCUT2D eigenvalue weighted by atomic mass is 10.1. The van der Waals surface area contributed by atoms with Crippen LogP contribution in [0.2, 0.25) is 0 Å². The first-order valence-electron chi connectivity index (χ1n) is 12.8. The lowest BCUT2D eigenvalue weighted by Crippen LogP contribution is -2.41. The van der Waals surface area contributed by atoms with E-state index >= 15 is 0 Å². The highest BCUT2D eigenvalue weighted by Gasteiger charge is 2.35. The van der Waals surface area contributed by atoms with E-state index in [0.29, 0.717) is 27.3 Å². The molecule has 38 heavy (non-hydrogen) atoms. The second-order valence-corrected chi connectivity index (χ2v) is 11.0. The van der Waals surface area contributed by atoms with E-state index in [-0.39, 0.29) is 18.5 Å². The van der Waals surface area contributed by atoms with Crippen molar-refractivity contribution in [3.8, 4) is 0 Å². The van der Waals surface area contributed by atoms with Crippen LogP contribution in [0.1, 0.15) is 26.3 Å². The Bertz CT molecular complexity index is 1190. The van der Waals surface area contributed by atoms with E-state index in [4.69, 9.17) is 4.74 Å². The zero-order valence-electron chi connectivity index (χ0n) is 23.4. The van der Waals surface area contributed by atoms with Crippen molar-refractivity contribution in [2.45, 2.75) is 26.3 Å². The molecular formula is C28H39N6O3S+. The summed E-state index contributed by atoms with van der Waals surface area (Å²) in [6, 6.07) is 15.5. The van der Waals surface area contributed by atoms with Gasteiger partial charge in [-0.15, -0.1) is 0 Å². The van der Waals surface area contributed by atoms with Gasteiger partial charge in [-0.1, -0.05) is 42.1 Å². The molecule has 0 saturated heterocycles. The van der Waals surface area contributed by atoms with Crippen molar-refractivity contribution in [3.63, 3.8) is 0 Å². The minimum atomic E-state index is -0.470. The van der Waals surface area contributed by atoms with Gasteiger partial charge in [0.25, 0.3) is 5.91 Å². The van der Waals surface area contributed by atoms with Gasteiger partial charge in [0, 0.05) is 25.8 Å². The van der Waals surface area contributed by atoms with E-state index in [2.05, 4.69) is 34.3 Å². The van der Waals surface area contributed by atoms with Crippen LogP contribution < -0.4 is 10.2 Å². The second kappa shape index (κ2) is 12.9. The number of thioether (sulfide) groups is 1. The number of benzene rings is 2. The molecule has 1 amide bonds. The van der Waals surface area contributed by atoms with Crippen LogP contribution in [-0.4, -0.2) is 81.2 Å². The summed E-state index contributed by atoms with van der Waals surface area (Å²) in [4.78, 5) is 30.2. The van der Waals surface area contributed by atoms with Gasteiger partial charge in [0.2, 0.25) is 0 Å². The van der Waals surface area contributed by atoms with Crippen molar-refractivity contribution >= 4 is 46.4 Å². The third-order valence-electron chi connectivity index (χ3n) is 5.90. The normalized spacial score (nSPS) is 15.8. The van der Waals surface area contributed by atoms with E-state index in [0.717, 1.165) is 30.0 Å². The number of quaternary nitrogens is 1. The Kier molecular flexibility index (Phi) is 9.93. The quantitative estimate of drug-likeness (QED) is 0.241. The van der Waals surface area contributed by atoms with Crippen LogP contribution in [-0.2, 0) is 14.3 Å². The van der Waals surface area contributed by atoms with Crippen LogP contribution in [0.4, 0.5) is 17.1 Å². The Labute approximate surface area is 230 Å². The lowest BCUT2D eigenvalue weighted by molar-refractivity contribution is -0.861. The van der Waals surface area contributed by atoms with Gasteiger partial charge in [-0.3, -0.25) is 4.79 Å². The molecule has 1 aliphatic rings. The monoisotopic (exact) mass is 539 g/mol. The van der Waals surface area contributed by atoms with Crippen LogP contribution in [0, 0.1) is 0 Å². The molecule has 1 aliphatic heterocycles. The Hall–Kier alpha value is -3.37. The predicted molar refractivity (Wildman–Crippen MR) is 155 cm³/mol. The Balaban J connectivity index is 1.93. The van der Waals surface area contributed by atoms with E-state index in [1.54, 1.807) is 6.92 Å². The van der Waals surface area contributed by atoms with Crippen LogP contribution in [0.5, 0.6) is 0 Å². The summed E-state index contributed by atoms with van der Waals surface area (Å²) in [6.45, 7) is 8.28. The fourth-order valence-electron chi connectivity index (χ4n) is 4.11. The zero-order valence-corrected chi connectivity index (χ0v) is 24.2. The fraction of sp³-hybridized carbons (Fsp3) is 0.429. The topological polar surface area (TPSA) is 86.6 Å². The Morgan fingerprint density at radius 2 is 1.76 bits per heavy atom. The van der Waals surface area contributed by atoms with E-state index in [9.17, 15) is 9.59 Å². The third kappa shape index (κ3) is 7.35. The van der Waals surface area contributed by atoms with Gasteiger partial charge in [0.05, 0.1) is 39.1 Å². The molecule has 1 unspecified atom stereocenters. The van der Waals surface area contributed by atoms with Crippen molar-refractivity contribution in [2.75, 3.05) is 64.6 Å². The van der Waals surface area contributed by atoms with E-state index < -0.39 is 5.50 Å². The molecule has 2 aromatic carbocycles. The summed E-state index contributed by atoms with van der Waals surface area (Å²) in [5, 5.41) is 12.2. The van der Waals surface area contributed by atoms with Gasteiger partial charge in [-0.05, 0) is 44.5 Å². The largest absolute Gasteiger partial charge is 0.462 e. The van der Waals surface area contributed by atoms with E-state index in [1.807, 2.05) is 81.6 Å². The van der Waals surface area contributed by atoms with Crippen LogP contribution in [0.15, 0.2) is 63.7 Å². The van der Waals surface area contributed by atoms with Gasteiger partial charge in [0.1, 0.15) is 10.6 Å². The molecule has 0 aromatic heterocycles. The summed E-state index contributed by atoms with van der Waals surface area (Å²) in [5.74, 6) is -0.478. The Morgan fingerprint density at radius 1 is 1.08 bits per heavy atom. The van der Waals surface area contributed by atoms with E-state index in [1.165, 1.54) is 11.8 Å². The molecule has 1 N–H and O–H groups in total. The molecule has 0 radical (unpaired) electrons. The highest BCUT2D eigenvalue weighted by molar-refractivity contribution is 8.05. The average Bonchev–Trinajstić information content (AvgIpc) is 3.20. The van der Waals surface area contributed by atoms with Crippen molar-refractivity contribution < 1.29 is 18.8 Å². The highest BCUT2D eigenvalue weighted by Crippen LogP contribution is 2.44. The van der Waals surface area contributed by atoms with Gasteiger partial charge in [0.15, 0.2) is 12.0 Å². The number of anilines is 2. The first-order valence-corrected chi connectivity index (χ1v) is 13.7. The average molecular weight is 540 g/mol. The fourth-order valence-corrected chi connectivity index (χ4v) is 5.21. The summed E-state index contributed by atoms with van der Waals surface area (Å²) in [6.07, 6.45) is 0. The van der Waals surface area contributed by atoms with Gasteiger partial charge in [-0.2, -0.15) is 10.2 Å². The number of nitrogens with one attached hydrogen (secondary N) is 1. The van der Waals surface area contributed by atoms with Gasteiger partial charge >= 0.3 is 5.97 Å². The minimum Gasteiger partial charge on any atom is -0.462 e. The SMILES string of the molecule is CCOC(=O)C1=C(c2ccccc2)N(C)C(N=Nc2ccc(N(CC)CC)cc2NC(=O)C[N+](C)(C)C)S1. The van der Waals surface area contributed by atoms with Gasteiger partial charge in [-0.25, -0.2) is 4.79 Å². The summed E-state index contributed by atoms with van der Waals surface area (Å²) in [5.41, 5.74) is 3.34. The number of nitrogens with zero attached hydrogens (tertiary/aromatic N) is 5. The van der Waals surface area contributed by atoms with Crippen molar-refractivity contribution in [2.24, 2.45) is 10.2 Å². The molecule has 1 heterocycles. The number of esters is 1. The maximum atomic E-state index is 12.8. The number of amides is 1. The first-order chi connectivity index (χ1) is 18.1. The molecule has 10 heteroatoms. The first kappa shape index (κ1) is 29.2. The van der Waals surface area contributed by atoms with Crippen LogP contribution in [0.25, 0.3) is 5.70 Å². The van der Waals surface area contributed by atoms with Crippen LogP contribution in [0.3, 0.4) is 0 Å². The predicted octanol–water partition coefficient (Wildman–Crippen LogP) is 5.16. The molecule has 0 spiro atoms. The van der Waals surface area contributed by atoms with Crippen LogP contribution >= 0.6 is 11.8 Å². The second-order valence-electron chi connectivity index (χ2n) is 9.91. The van der Waals surface area contributed by atoms with Crippen molar-refractivity contribution in [1.82, 2.24) is 4.90 Å². The number of likely N-dealkylation sites (N-methyl/N-ethyl adjacent to an activating group) is 1. The molecule has 3 rings (SSSR count). The molecule has 0 fully saturated rings. The number of hydrogen-bond acceptors (Lipinski definition) is 8. The van der Waals surface area contributed by atoms with Gasteiger partial charge < -0.3 is 24.3 Å². The number of azo groups is 1. The Morgan fingerprint density at radius 3 is 2.37 bits per heavy atom. The zero-order chi connectivity index (χ0) is 27.9. The minimum absolute atomic E-state index is 0.101. The number of rotatable bonds is 11. The maximum Gasteiger partial charge on any atom is 0.346 e. The molecular weight excluding hydrogens is 500 g/mol. The molecule has 2 aromatic rings. The molecule has 1 atom stereocenters. The number of ether oxygens (including phenoxy) is 1. The summed E-state index contributed by atoms with van der Waals surface area (Å²) in [7, 11) is 7.80. The smallest absolute Gasteiger partial charge is 0.346 e. The summed E-state index contributed by atoms with van der Waals surface area (Å²) >= 11 is 1.30. The molecule has 0 saturated carbocycles. The lowest BCUT2D eigenvalue weighted by Gasteiger charge is -2.24. The summed E-state index contributed by atoms with van der Waals surface area (Å²) < 4.78 is 5.83. The molecule has 0 aliphatic carbocycles. The third-order valence-corrected chi connectivity index (χ3v) is 7.11. The molecule has 9 nitrogen and oxygen atoms in total. The highest BCUT2D eigenvalue weighted by atomic mass is 32.2. The molecule has 204 valence electrons. The van der Waals surface area contributed by atoms with Crippen molar-refractivity contribution in [3.05, 3.63) is 59.0 Å².